The van der Waals surface area contributed by atoms with Crippen LogP contribution in [0.15, 0.2) is 95.9 Å². The maximum Gasteiger partial charge on any atom is 0.264 e. The van der Waals surface area contributed by atoms with E-state index in [1.165, 1.54) is 12.1 Å². The third kappa shape index (κ3) is 4.10. The molecule has 0 radical (unpaired) electrons. The van der Waals surface area contributed by atoms with Crippen LogP contribution in [0, 0.1) is 0 Å². The molecule has 0 saturated carbocycles. The van der Waals surface area contributed by atoms with Gasteiger partial charge in [0.2, 0.25) is 5.91 Å². The molecule has 0 heterocycles. The molecule has 1 amide bonds. The van der Waals surface area contributed by atoms with Crippen molar-refractivity contribution >= 4 is 27.3 Å². The zero-order chi connectivity index (χ0) is 18.4. The first-order chi connectivity index (χ1) is 12.6. The van der Waals surface area contributed by atoms with E-state index >= 15 is 0 Å². The second kappa shape index (κ2) is 7.84. The smallest absolute Gasteiger partial charge is 0.264 e. The van der Waals surface area contributed by atoms with Gasteiger partial charge in [0.15, 0.2) is 0 Å². The topological polar surface area (TPSA) is 66.5 Å². The number of sulfonamides is 1. The Morgan fingerprint density at radius 2 is 1.27 bits per heavy atom. The van der Waals surface area contributed by atoms with E-state index < -0.39 is 15.9 Å². The molecule has 5 nitrogen and oxygen atoms in total. The molecule has 0 atom stereocenters. The lowest BCUT2D eigenvalue weighted by atomic mass is 10.3. The van der Waals surface area contributed by atoms with E-state index in [0.29, 0.717) is 11.4 Å². The number of hydrogen-bond donors (Lipinski definition) is 1. The van der Waals surface area contributed by atoms with Crippen molar-refractivity contribution < 1.29 is 13.2 Å². The van der Waals surface area contributed by atoms with Gasteiger partial charge in [0.25, 0.3) is 10.0 Å². The van der Waals surface area contributed by atoms with Crippen molar-refractivity contribution in [1.29, 1.82) is 0 Å². The Morgan fingerprint density at radius 1 is 0.769 bits per heavy atom. The summed E-state index contributed by atoms with van der Waals surface area (Å²) < 4.78 is 27.2. The third-order valence-electron chi connectivity index (χ3n) is 3.72. The molecule has 1 N–H and O–H groups in total. The number of carbonyl (C=O) groups is 1. The van der Waals surface area contributed by atoms with Crippen molar-refractivity contribution in [3.63, 3.8) is 0 Å². The van der Waals surface area contributed by atoms with Gasteiger partial charge in [-0.3, -0.25) is 9.10 Å². The zero-order valence-corrected chi connectivity index (χ0v) is 14.8. The molecule has 3 rings (SSSR count). The Morgan fingerprint density at radius 3 is 1.85 bits per heavy atom. The normalized spacial score (nSPS) is 10.9. The fourth-order valence-corrected chi connectivity index (χ4v) is 3.92. The Bertz CT molecular complexity index is 960. The summed E-state index contributed by atoms with van der Waals surface area (Å²) in [5.74, 6) is -0.417. The minimum absolute atomic E-state index is 0.136. The maximum absolute atomic E-state index is 13.1. The van der Waals surface area contributed by atoms with Crippen LogP contribution >= 0.6 is 0 Å². The number of benzene rings is 3. The molecule has 0 unspecified atom stereocenters. The summed E-state index contributed by atoms with van der Waals surface area (Å²) in [6.45, 7) is -0.323. The number of nitrogens with one attached hydrogen (secondary N) is 1. The molecule has 3 aromatic carbocycles. The first-order valence-electron chi connectivity index (χ1n) is 8.05. The number of amides is 1. The summed E-state index contributed by atoms with van der Waals surface area (Å²) in [6, 6.07) is 25.6. The Balaban J connectivity index is 1.91. The van der Waals surface area contributed by atoms with Crippen LogP contribution in [0.1, 0.15) is 0 Å². The van der Waals surface area contributed by atoms with E-state index in [2.05, 4.69) is 5.32 Å². The molecule has 26 heavy (non-hydrogen) atoms. The van der Waals surface area contributed by atoms with Crippen molar-refractivity contribution in [2.75, 3.05) is 16.2 Å². The third-order valence-corrected chi connectivity index (χ3v) is 5.51. The lowest BCUT2D eigenvalue weighted by molar-refractivity contribution is -0.114. The first-order valence-corrected chi connectivity index (χ1v) is 9.49. The van der Waals surface area contributed by atoms with Gasteiger partial charge < -0.3 is 5.32 Å². The summed E-state index contributed by atoms with van der Waals surface area (Å²) in [7, 11) is -3.87. The first kappa shape index (κ1) is 17.7. The van der Waals surface area contributed by atoms with Crippen LogP contribution in [0.5, 0.6) is 0 Å². The van der Waals surface area contributed by atoms with Crippen molar-refractivity contribution in [2.24, 2.45) is 0 Å². The van der Waals surface area contributed by atoms with Gasteiger partial charge in [0, 0.05) is 5.69 Å². The van der Waals surface area contributed by atoms with E-state index in [9.17, 15) is 13.2 Å². The Kier molecular flexibility index (Phi) is 5.34. The van der Waals surface area contributed by atoms with E-state index in [0.717, 1.165) is 4.31 Å². The van der Waals surface area contributed by atoms with E-state index in [-0.39, 0.29) is 11.4 Å². The van der Waals surface area contributed by atoms with Crippen LogP contribution in [0.2, 0.25) is 0 Å². The van der Waals surface area contributed by atoms with Gasteiger partial charge in [-0.15, -0.1) is 0 Å². The Hall–Kier alpha value is -3.12. The predicted molar refractivity (Wildman–Crippen MR) is 102 cm³/mol. The molecule has 0 bridgehead atoms. The maximum atomic E-state index is 13.1. The van der Waals surface area contributed by atoms with Gasteiger partial charge in [-0.1, -0.05) is 54.6 Å². The highest BCUT2D eigenvalue weighted by Crippen LogP contribution is 2.23. The van der Waals surface area contributed by atoms with Gasteiger partial charge in [-0.2, -0.15) is 0 Å². The molecular weight excluding hydrogens is 348 g/mol. The monoisotopic (exact) mass is 366 g/mol. The number of carbonyl (C=O) groups excluding carboxylic acids is 1. The van der Waals surface area contributed by atoms with Crippen LogP contribution in [-0.2, 0) is 14.8 Å². The van der Waals surface area contributed by atoms with Crippen molar-refractivity contribution in [3.8, 4) is 0 Å². The highest BCUT2D eigenvalue weighted by atomic mass is 32.2. The molecule has 0 fully saturated rings. The molecule has 0 aliphatic heterocycles. The standard InChI is InChI=1S/C20H18N2O3S/c23-20(21-17-10-4-1-5-11-17)16-22(18-12-6-2-7-13-18)26(24,25)19-14-8-3-9-15-19/h1-15H,16H2,(H,21,23). The lowest BCUT2D eigenvalue weighted by Gasteiger charge is -2.24. The molecule has 0 aliphatic carbocycles. The molecule has 0 aliphatic rings. The molecule has 6 heteroatoms. The van der Waals surface area contributed by atoms with Crippen molar-refractivity contribution in [1.82, 2.24) is 0 Å². The van der Waals surface area contributed by atoms with Crippen LogP contribution in [0.4, 0.5) is 11.4 Å². The number of hydrogen-bond acceptors (Lipinski definition) is 3. The SMILES string of the molecule is O=C(CN(c1ccccc1)S(=O)(=O)c1ccccc1)Nc1ccccc1. The highest BCUT2D eigenvalue weighted by Gasteiger charge is 2.26. The van der Waals surface area contributed by atoms with Gasteiger partial charge in [0.1, 0.15) is 6.54 Å². The summed E-state index contributed by atoms with van der Waals surface area (Å²) >= 11 is 0. The van der Waals surface area contributed by atoms with Crippen LogP contribution in [0.3, 0.4) is 0 Å². The van der Waals surface area contributed by atoms with E-state index in [4.69, 9.17) is 0 Å². The van der Waals surface area contributed by atoms with Gasteiger partial charge in [0.05, 0.1) is 10.6 Å². The van der Waals surface area contributed by atoms with Gasteiger partial charge in [-0.25, -0.2) is 8.42 Å². The molecule has 132 valence electrons. The van der Waals surface area contributed by atoms with Crippen LogP contribution < -0.4 is 9.62 Å². The lowest BCUT2D eigenvalue weighted by Crippen LogP contribution is -2.38. The number of anilines is 2. The minimum atomic E-state index is -3.87. The second-order valence-electron chi connectivity index (χ2n) is 5.57. The fourth-order valence-electron chi connectivity index (χ4n) is 2.48. The predicted octanol–water partition coefficient (Wildman–Crippen LogP) is 3.52. The fraction of sp³-hybridized carbons (Fsp3) is 0.0500. The minimum Gasteiger partial charge on any atom is -0.325 e. The summed E-state index contributed by atoms with van der Waals surface area (Å²) in [5.41, 5.74) is 1.04. The number of rotatable bonds is 6. The van der Waals surface area contributed by atoms with Crippen LogP contribution in [0.25, 0.3) is 0 Å². The highest BCUT2D eigenvalue weighted by molar-refractivity contribution is 7.92. The number of nitrogens with zero attached hydrogens (tertiary/aromatic N) is 1. The Labute approximate surface area is 153 Å². The van der Waals surface area contributed by atoms with Crippen LogP contribution in [-0.4, -0.2) is 20.9 Å². The molecule has 0 saturated heterocycles. The summed E-state index contributed by atoms with van der Waals surface area (Å²) in [4.78, 5) is 12.6. The average molecular weight is 366 g/mol. The number of para-hydroxylation sites is 2. The van der Waals surface area contributed by atoms with E-state index in [1.807, 2.05) is 6.07 Å². The van der Waals surface area contributed by atoms with E-state index in [1.54, 1.807) is 72.8 Å². The molecule has 0 aromatic heterocycles. The van der Waals surface area contributed by atoms with Crippen molar-refractivity contribution in [2.45, 2.75) is 4.90 Å². The molecule has 3 aromatic rings. The van der Waals surface area contributed by atoms with Gasteiger partial charge >= 0.3 is 0 Å². The van der Waals surface area contributed by atoms with Gasteiger partial charge in [-0.05, 0) is 36.4 Å². The van der Waals surface area contributed by atoms with Crippen molar-refractivity contribution in [3.05, 3.63) is 91.0 Å². The summed E-state index contributed by atoms with van der Waals surface area (Å²) in [5, 5.41) is 2.72. The molecular formula is C20H18N2O3S. The average Bonchev–Trinajstić information content (AvgIpc) is 2.68. The largest absolute Gasteiger partial charge is 0.325 e. The summed E-state index contributed by atoms with van der Waals surface area (Å²) in [6.07, 6.45) is 0. The molecule has 0 spiro atoms. The quantitative estimate of drug-likeness (QED) is 0.726. The zero-order valence-electron chi connectivity index (χ0n) is 13.9. The second-order valence-corrected chi connectivity index (χ2v) is 7.44.